The monoisotopic (exact) mass is 279 g/mol. The highest BCUT2D eigenvalue weighted by Crippen LogP contribution is 2.13. The molecule has 0 bridgehead atoms. The van der Waals surface area contributed by atoms with Crippen LogP contribution < -0.4 is 10.1 Å². The van der Waals surface area contributed by atoms with Crippen molar-refractivity contribution < 1.29 is 9.84 Å². The van der Waals surface area contributed by atoms with Crippen molar-refractivity contribution in [3.05, 3.63) is 29.8 Å². The van der Waals surface area contributed by atoms with Gasteiger partial charge in [-0.2, -0.15) is 0 Å². The SMILES string of the molecule is CCC(O)CCNCc1ccc(OCCC(C)C)cc1. The molecule has 2 N–H and O–H groups in total. The van der Waals surface area contributed by atoms with Gasteiger partial charge in [0.1, 0.15) is 5.75 Å². The molecule has 20 heavy (non-hydrogen) atoms. The van der Waals surface area contributed by atoms with Gasteiger partial charge >= 0.3 is 0 Å². The quantitative estimate of drug-likeness (QED) is 0.645. The van der Waals surface area contributed by atoms with Gasteiger partial charge < -0.3 is 15.2 Å². The average molecular weight is 279 g/mol. The van der Waals surface area contributed by atoms with Gasteiger partial charge in [-0.15, -0.1) is 0 Å². The normalized spacial score (nSPS) is 12.7. The molecule has 114 valence electrons. The van der Waals surface area contributed by atoms with Crippen molar-refractivity contribution in [2.45, 2.75) is 52.7 Å². The van der Waals surface area contributed by atoms with Crippen molar-refractivity contribution in [1.82, 2.24) is 5.32 Å². The van der Waals surface area contributed by atoms with E-state index in [1.165, 1.54) is 5.56 Å². The zero-order valence-electron chi connectivity index (χ0n) is 13.1. The summed E-state index contributed by atoms with van der Waals surface area (Å²) in [6.45, 7) is 8.87. The fraction of sp³-hybridized carbons (Fsp3) is 0.647. The predicted molar refractivity (Wildman–Crippen MR) is 84.0 cm³/mol. The van der Waals surface area contributed by atoms with Crippen LogP contribution in [-0.4, -0.2) is 24.4 Å². The topological polar surface area (TPSA) is 41.5 Å². The molecule has 0 fully saturated rings. The van der Waals surface area contributed by atoms with Crippen molar-refractivity contribution >= 4 is 0 Å². The first-order valence-electron chi connectivity index (χ1n) is 7.72. The predicted octanol–water partition coefficient (Wildman–Crippen LogP) is 3.36. The largest absolute Gasteiger partial charge is 0.494 e. The number of benzene rings is 1. The number of hydrogen-bond acceptors (Lipinski definition) is 3. The Kier molecular flexibility index (Phi) is 8.31. The minimum absolute atomic E-state index is 0.181. The average Bonchev–Trinajstić information content (AvgIpc) is 2.44. The highest BCUT2D eigenvalue weighted by Gasteiger charge is 2.00. The maximum absolute atomic E-state index is 9.46. The first kappa shape index (κ1) is 17.0. The van der Waals surface area contributed by atoms with Gasteiger partial charge in [0.05, 0.1) is 12.7 Å². The Morgan fingerprint density at radius 3 is 2.45 bits per heavy atom. The van der Waals surface area contributed by atoms with Gasteiger partial charge in [0, 0.05) is 6.54 Å². The van der Waals surface area contributed by atoms with Crippen LogP contribution in [0.4, 0.5) is 0 Å². The maximum Gasteiger partial charge on any atom is 0.119 e. The number of hydrogen-bond donors (Lipinski definition) is 2. The molecular formula is C17H29NO2. The summed E-state index contributed by atoms with van der Waals surface area (Å²) in [5.74, 6) is 1.62. The summed E-state index contributed by atoms with van der Waals surface area (Å²) < 4.78 is 5.69. The molecule has 0 radical (unpaired) electrons. The molecule has 0 heterocycles. The third kappa shape index (κ3) is 7.51. The van der Waals surface area contributed by atoms with E-state index in [4.69, 9.17) is 4.74 Å². The fourth-order valence-corrected chi connectivity index (χ4v) is 1.82. The van der Waals surface area contributed by atoms with Gasteiger partial charge in [-0.25, -0.2) is 0 Å². The van der Waals surface area contributed by atoms with Gasteiger partial charge in [0.25, 0.3) is 0 Å². The summed E-state index contributed by atoms with van der Waals surface area (Å²) >= 11 is 0. The molecule has 1 aromatic rings. The molecular weight excluding hydrogens is 250 g/mol. The molecule has 3 heteroatoms. The summed E-state index contributed by atoms with van der Waals surface area (Å²) in [6, 6.07) is 8.23. The first-order chi connectivity index (χ1) is 9.61. The van der Waals surface area contributed by atoms with Crippen LogP contribution in [0.5, 0.6) is 5.75 Å². The Bertz CT molecular complexity index is 349. The second-order valence-corrected chi connectivity index (χ2v) is 5.70. The van der Waals surface area contributed by atoms with Gasteiger partial charge in [0.15, 0.2) is 0 Å². The molecule has 3 nitrogen and oxygen atoms in total. The molecule has 1 rings (SSSR count). The van der Waals surface area contributed by atoms with Gasteiger partial charge in [0.2, 0.25) is 0 Å². The molecule has 0 amide bonds. The molecule has 1 atom stereocenters. The van der Waals surface area contributed by atoms with Crippen LogP contribution in [0.3, 0.4) is 0 Å². The third-order valence-corrected chi connectivity index (χ3v) is 3.34. The van der Waals surface area contributed by atoms with Crippen molar-refractivity contribution in [2.24, 2.45) is 5.92 Å². The number of ether oxygens (including phenoxy) is 1. The van der Waals surface area contributed by atoms with Crippen molar-refractivity contribution in [3.63, 3.8) is 0 Å². The van der Waals surface area contributed by atoms with E-state index in [-0.39, 0.29) is 6.10 Å². The molecule has 1 unspecified atom stereocenters. The maximum atomic E-state index is 9.46. The second-order valence-electron chi connectivity index (χ2n) is 5.70. The van der Waals surface area contributed by atoms with Gasteiger partial charge in [-0.3, -0.25) is 0 Å². The Morgan fingerprint density at radius 1 is 1.15 bits per heavy atom. The van der Waals surface area contributed by atoms with E-state index < -0.39 is 0 Å². The van der Waals surface area contributed by atoms with Gasteiger partial charge in [-0.1, -0.05) is 32.9 Å². The van der Waals surface area contributed by atoms with Crippen molar-refractivity contribution in [3.8, 4) is 5.75 Å². The van der Waals surface area contributed by atoms with E-state index in [1.807, 2.05) is 19.1 Å². The second kappa shape index (κ2) is 9.78. The highest BCUT2D eigenvalue weighted by molar-refractivity contribution is 5.27. The van der Waals surface area contributed by atoms with E-state index in [9.17, 15) is 5.11 Å². The lowest BCUT2D eigenvalue weighted by Gasteiger charge is -2.10. The van der Waals surface area contributed by atoms with Crippen LogP contribution in [0.15, 0.2) is 24.3 Å². The lowest BCUT2D eigenvalue weighted by atomic mass is 10.1. The Hall–Kier alpha value is -1.06. The highest BCUT2D eigenvalue weighted by atomic mass is 16.5. The Balaban J connectivity index is 2.21. The van der Waals surface area contributed by atoms with Crippen LogP contribution >= 0.6 is 0 Å². The zero-order valence-corrected chi connectivity index (χ0v) is 13.1. The lowest BCUT2D eigenvalue weighted by molar-refractivity contribution is 0.159. The minimum Gasteiger partial charge on any atom is -0.494 e. The smallest absolute Gasteiger partial charge is 0.119 e. The molecule has 0 aliphatic heterocycles. The summed E-state index contributed by atoms with van der Waals surface area (Å²) in [6.07, 6.45) is 2.54. The summed E-state index contributed by atoms with van der Waals surface area (Å²) in [5, 5.41) is 12.8. The van der Waals surface area contributed by atoms with Gasteiger partial charge in [-0.05, 0) is 49.4 Å². The Morgan fingerprint density at radius 2 is 1.85 bits per heavy atom. The van der Waals surface area contributed by atoms with E-state index in [1.54, 1.807) is 0 Å². The molecule has 0 saturated carbocycles. The number of nitrogens with one attached hydrogen (secondary N) is 1. The first-order valence-corrected chi connectivity index (χ1v) is 7.72. The van der Waals surface area contributed by atoms with Crippen LogP contribution in [0.25, 0.3) is 0 Å². The minimum atomic E-state index is -0.181. The molecule has 0 spiro atoms. The summed E-state index contributed by atoms with van der Waals surface area (Å²) in [5.41, 5.74) is 1.24. The molecule has 1 aromatic carbocycles. The van der Waals surface area contributed by atoms with E-state index in [0.29, 0.717) is 5.92 Å². The van der Waals surface area contributed by atoms with Crippen LogP contribution in [0.1, 0.15) is 45.6 Å². The van der Waals surface area contributed by atoms with Crippen LogP contribution in [0, 0.1) is 5.92 Å². The Labute approximate surface area is 123 Å². The van der Waals surface area contributed by atoms with E-state index in [2.05, 4.69) is 31.3 Å². The summed E-state index contributed by atoms with van der Waals surface area (Å²) in [7, 11) is 0. The number of aliphatic hydroxyl groups excluding tert-OH is 1. The van der Waals surface area contributed by atoms with Crippen LogP contribution in [-0.2, 0) is 6.54 Å². The molecule has 0 aliphatic rings. The lowest BCUT2D eigenvalue weighted by Crippen LogP contribution is -2.19. The number of rotatable bonds is 10. The number of aliphatic hydroxyl groups is 1. The molecule has 0 saturated heterocycles. The van der Waals surface area contributed by atoms with Crippen molar-refractivity contribution in [2.75, 3.05) is 13.2 Å². The van der Waals surface area contributed by atoms with E-state index in [0.717, 1.165) is 44.7 Å². The third-order valence-electron chi connectivity index (χ3n) is 3.34. The standard InChI is InChI=1S/C17H29NO2/c1-4-16(19)9-11-18-13-15-5-7-17(8-6-15)20-12-10-14(2)3/h5-8,14,16,18-19H,4,9-13H2,1-3H3. The summed E-state index contributed by atoms with van der Waals surface area (Å²) in [4.78, 5) is 0. The molecule has 0 aliphatic carbocycles. The zero-order chi connectivity index (χ0) is 14.8. The van der Waals surface area contributed by atoms with Crippen molar-refractivity contribution in [1.29, 1.82) is 0 Å². The molecule has 0 aromatic heterocycles. The van der Waals surface area contributed by atoms with E-state index >= 15 is 0 Å². The fourth-order valence-electron chi connectivity index (χ4n) is 1.82. The van der Waals surface area contributed by atoms with Crippen LogP contribution in [0.2, 0.25) is 0 Å².